The lowest BCUT2D eigenvalue weighted by atomic mass is 9.52. The number of aromatic hydroxyl groups is 1. The average molecular weight is 728 g/mol. The van der Waals surface area contributed by atoms with Gasteiger partial charge in [-0.1, -0.05) is 73.7 Å². The number of carbonyl (C=O) groups is 5. The second kappa shape index (κ2) is 14.8. The molecule has 1 heterocycles. The smallest absolute Gasteiger partial charge is 0.353 e. The predicted octanol–water partition coefficient (Wildman–Crippen LogP) is 4.15. The number of rotatable bonds is 14. The molecular weight excluding hydrogens is 686 g/mol. The van der Waals surface area contributed by atoms with Crippen LogP contribution in [0.4, 0.5) is 0 Å². The minimum absolute atomic E-state index is 0.0844. The number of carboxylic acid groups (broad SMARTS) is 1. The van der Waals surface area contributed by atoms with E-state index in [4.69, 9.17) is 18.9 Å². The van der Waals surface area contributed by atoms with E-state index in [1.54, 1.807) is 55.6 Å². The Morgan fingerprint density at radius 2 is 1.53 bits per heavy atom. The molecule has 3 aromatic rings. The number of carbonyl (C=O) groups excluding carboxylic acids is 4. The molecule has 13 nitrogen and oxygen atoms in total. The number of ether oxygens (including phenoxy) is 4. The van der Waals surface area contributed by atoms with Gasteiger partial charge in [0.15, 0.2) is 17.6 Å². The maximum absolute atomic E-state index is 13.7. The van der Waals surface area contributed by atoms with Crippen LogP contribution in [0.15, 0.2) is 84.6 Å². The summed E-state index contributed by atoms with van der Waals surface area (Å²) in [6.07, 6.45) is -3.01. The number of phenols is 1. The molecule has 0 saturated carbocycles. The highest BCUT2D eigenvalue weighted by molar-refractivity contribution is 5.89. The molecule has 278 valence electrons. The number of esters is 3. The first kappa shape index (κ1) is 37.2. The van der Waals surface area contributed by atoms with Crippen molar-refractivity contribution in [1.29, 1.82) is 0 Å². The van der Waals surface area contributed by atoms with Gasteiger partial charge in [-0.15, -0.1) is 0 Å². The van der Waals surface area contributed by atoms with Gasteiger partial charge in [0.1, 0.15) is 11.5 Å². The van der Waals surface area contributed by atoms with Gasteiger partial charge in [0.05, 0.1) is 23.4 Å². The van der Waals surface area contributed by atoms with Crippen molar-refractivity contribution >= 4 is 29.7 Å². The normalized spacial score (nSPS) is 24.0. The maximum atomic E-state index is 13.7. The Balaban J connectivity index is 1.24. The van der Waals surface area contributed by atoms with Crippen molar-refractivity contribution in [2.45, 2.75) is 81.3 Å². The Labute approximate surface area is 305 Å². The molecule has 0 aromatic heterocycles. The van der Waals surface area contributed by atoms with Gasteiger partial charge < -0.3 is 44.4 Å². The standard InChI is InChI=1S/C40H41NO12/c1-4-39-31-25-15-16-27(43)34(31)51-35(39)28(17-18-40(39,49)29(20-25)41-3)50-30(44)21-26(19-22(2)42)37(47)53-33(24-13-9-6-10-14-24)38(48)52-32(36(45)46)23-11-7-5-8-12-23/h5-17,26,29,32-33,35,41,43,49H,4,18-21H2,1-3H3,(H,45,46)/t26-,29+,32-,33-,35-,39-,40+/m0/s1. The van der Waals surface area contributed by atoms with Crippen molar-refractivity contribution < 1.29 is 58.2 Å². The summed E-state index contributed by atoms with van der Waals surface area (Å²) in [5.74, 6) is -6.29. The number of nitrogens with one attached hydrogen (secondary N) is 1. The molecule has 0 spiro atoms. The first-order chi connectivity index (χ1) is 25.3. The molecule has 1 aliphatic heterocycles. The lowest BCUT2D eigenvalue weighted by Gasteiger charge is -2.56. The summed E-state index contributed by atoms with van der Waals surface area (Å²) < 4.78 is 23.2. The van der Waals surface area contributed by atoms with Crippen molar-refractivity contribution in [3.63, 3.8) is 0 Å². The Bertz CT molecular complexity index is 1950. The fraction of sp³-hybridized carbons (Fsp3) is 0.375. The average Bonchev–Trinajstić information content (AvgIpc) is 3.52. The van der Waals surface area contributed by atoms with Crippen molar-refractivity contribution in [2.24, 2.45) is 5.92 Å². The summed E-state index contributed by atoms with van der Waals surface area (Å²) in [5.41, 5.74) is -0.570. The van der Waals surface area contributed by atoms with Gasteiger partial charge in [-0.25, -0.2) is 9.59 Å². The van der Waals surface area contributed by atoms with Gasteiger partial charge in [0.25, 0.3) is 0 Å². The third-order valence-electron chi connectivity index (χ3n) is 10.5. The predicted molar refractivity (Wildman–Crippen MR) is 186 cm³/mol. The Hall–Kier alpha value is -5.53. The van der Waals surface area contributed by atoms with Crippen LogP contribution in [0, 0.1) is 5.92 Å². The van der Waals surface area contributed by atoms with Gasteiger partial charge in [-0.05, 0) is 44.5 Å². The molecule has 3 aromatic carbocycles. The number of aliphatic hydroxyl groups is 1. The van der Waals surface area contributed by atoms with Crippen LogP contribution in [0.1, 0.15) is 74.0 Å². The van der Waals surface area contributed by atoms with Crippen LogP contribution in [0.3, 0.4) is 0 Å². The lowest BCUT2D eigenvalue weighted by Crippen LogP contribution is -2.70. The zero-order valence-corrected chi connectivity index (χ0v) is 29.4. The highest BCUT2D eigenvalue weighted by Crippen LogP contribution is 2.63. The molecule has 3 aliphatic rings. The molecule has 0 radical (unpaired) electrons. The van der Waals surface area contributed by atoms with E-state index >= 15 is 0 Å². The van der Waals surface area contributed by atoms with E-state index in [-0.39, 0.29) is 40.8 Å². The number of hydrogen-bond acceptors (Lipinski definition) is 12. The van der Waals surface area contributed by atoms with Crippen LogP contribution in [0.2, 0.25) is 0 Å². The summed E-state index contributed by atoms with van der Waals surface area (Å²) in [4.78, 5) is 65.3. The minimum atomic E-state index is -1.73. The van der Waals surface area contributed by atoms with Crippen LogP contribution in [0.5, 0.6) is 11.5 Å². The number of ketones is 1. The number of aliphatic carboxylic acids is 1. The largest absolute Gasteiger partial charge is 0.504 e. The Morgan fingerprint density at radius 3 is 2.11 bits per heavy atom. The molecule has 6 rings (SSSR count). The molecule has 0 amide bonds. The van der Waals surface area contributed by atoms with Crippen LogP contribution in [-0.2, 0) is 50.0 Å². The van der Waals surface area contributed by atoms with Crippen molar-refractivity contribution in [1.82, 2.24) is 5.32 Å². The van der Waals surface area contributed by atoms with Crippen molar-refractivity contribution in [2.75, 3.05) is 7.05 Å². The topological polar surface area (TPSA) is 195 Å². The van der Waals surface area contributed by atoms with Crippen LogP contribution in [-0.4, -0.2) is 69.8 Å². The van der Waals surface area contributed by atoms with E-state index in [0.717, 1.165) is 5.56 Å². The van der Waals surface area contributed by atoms with E-state index in [9.17, 15) is 39.3 Å². The number of hydrogen-bond donors (Lipinski definition) is 4. The van der Waals surface area contributed by atoms with E-state index in [1.165, 1.54) is 37.3 Å². The zero-order valence-electron chi connectivity index (χ0n) is 29.4. The summed E-state index contributed by atoms with van der Waals surface area (Å²) in [5, 5.41) is 36.2. The van der Waals surface area contributed by atoms with Gasteiger partial charge in [-0.2, -0.15) is 0 Å². The SMILES string of the molecule is CC[C@]12c3c4ccc(O)c3O[C@H]1C(OC(=O)C[C@H](CC(C)=O)C(=O)O[C@H](C(=O)O[C@H](C(=O)O)c1ccccc1)c1ccccc1)=CC[C@@]2(O)[C@H](NC)C4. The number of benzene rings is 3. The monoisotopic (exact) mass is 727 g/mol. The molecule has 0 fully saturated rings. The third-order valence-corrected chi connectivity index (χ3v) is 10.5. The van der Waals surface area contributed by atoms with Crippen LogP contribution in [0.25, 0.3) is 0 Å². The number of Topliss-reactive ketones (excluding diaryl/α,β-unsaturated/α-hetero) is 1. The molecule has 0 bridgehead atoms. The minimum Gasteiger partial charge on any atom is -0.504 e. The summed E-state index contributed by atoms with van der Waals surface area (Å²) in [7, 11) is 1.76. The number of carboxylic acids is 1. The van der Waals surface area contributed by atoms with E-state index in [1.807, 2.05) is 6.92 Å². The van der Waals surface area contributed by atoms with Gasteiger partial charge in [0.2, 0.25) is 12.2 Å². The molecule has 13 heteroatoms. The molecule has 0 unspecified atom stereocenters. The number of likely N-dealkylation sites (N-methyl/N-ethyl adjacent to an activating group) is 1. The van der Waals surface area contributed by atoms with Crippen LogP contribution >= 0.6 is 0 Å². The van der Waals surface area contributed by atoms with Gasteiger partial charge >= 0.3 is 23.9 Å². The Morgan fingerprint density at radius 1 is 0.906 bits per heavy atom. The second-order valence-electron chi connectivity index (χ2n) is 13.6. The number of phenolic OH excluding ortho intramolecular Hbond substituents is 1. The van der Waals surface area contributed by atoms with E-state index in [2.05, 4.69) is 5.32 Å². The van der Waals surface area contributed by atoms with Crippen molar-refractivity contribution in [3.05, 3.63) is 107 Å². The zero-order chi connectivity index (χ0) is 38.1. The fourth-order valence-electron chi connectivity index (χ4n) is 8.10. The molecule has 4 N–H and O–H groups in total. The van der Waals surface area contributed by atoms with Crippen LogP contribution < -0.4 is 10.1 Å². The lowest BCUT2D eigenvalue weighted by molar-refractivity contribution is -0.180. The summed E-state index contributed by atoms with van der Waals surface area (Å²) in [6.45, 7) is 3.12. The highest BCUT2D eigenvalue weighted by Gasteiger charge is 2.69. The first-order valence-electron chi connectivity index (χ1n) is 17.4. The molecule has 7 atom stereocenters. The third kappa shape index (κ3) is 6.66. The summed E-state index contributed by atoms with van der Waals surface area (Å²) in [6, 6.07) is 18.5. The molecule has 2 aliphatic carbocycles. The summed E-state index contributed by atoms with van der Waals surface area (Å²) >= 11 is 0. The quantitative estimate of drug-likeness (QED) is 0.137. The maximum Gasteiger partial charge on any atom is 0.353 e. The fourth-order valence-corrected chi connectivity index (χ4v) is 8.10. The highest BCUT2D eigenvalue weighted by atomic mass is 16.6. The Kier molecular flexibility index (Phi) is 10.4. The van der Waals surface area contributed by atoms with Crippen molar-refractivity contribution in [3.8, 4) is 11.5 Å². The van der Waals surface area contributed by atoms with E-state index in [0.29, 0.717) is 18.4 Å². The first-order valence-corrected chi connectivity index (χ1v) is 17.4. The van der Waals surface area contributed by atoms with Gasteiger partial charge in [0, 0.05) is 35.6 Å². The van der Waals surface area contributed by atoms with Gasteiger partial charge in [-0.3, -0.25) is 9.59 Å². The molecule has 53 heavy (non-hydrogen) atoms. The second-order valence-corrected chi connectivity index (χ2v) is 13.6. The van der Waals surface area contributed by atoms with E-state index < -0.39 is 77.7 Å². The molecule has 0 saturated heterocycles. The molecular formula is C40H41NO12.